The first-order valence-electron chi connectivity index (χ1n) is 11.8. The number of hydrogen-bond acceptors (Lipinski definition) is 6. The molecule has 0 unspecified atom stereocenters. The van der Waals surface area contributed by atoms with Crippen LogP contribution in [0.5, 0.6) is 0 Å². The van der Waals surface area contributed by atoms with Crippen LogP contribution >= 0.6 is 0 Å². The van der Waals surface area contributed by atoms with Crippen LogP contribution in [-0.4, -0.2) is 39.0 Å². The first-order chi connectivity index (χ1) is 16.7. The number of carbonyl (C=O) groups excluding carboxylic acids is 1. The zero-order valence-corrected chi connectivity index (χ0v) is 19.7. The van der Waals surface area contributed by atoms with Gasteiger partial charge in [0.2, 0.25) is 5.95 Å². The first-order valence-corrected chi connectivity index (χ1v) is 11.8. The standard InChI is InChI=1S/C25H28F2N6O2/c1-14-22(34)32-20-16(30-14)4-3-15(19(20)26)13-29-24-7-10-25(11-8-24,12-9-24)33-17-5-6-18(23(35)28-2)31-21(17)27/h3-6,29,33H,7-13H2,1-2H3,(H,28,35)(H,32,34). The van der Waals surface area contributed by atoms with E-state index in [1.807, 2.05) is 0 Å². The van der Waals surface area contributed by atoms with E-state index in [9.17, 15) is 14.0 Å². The van der Waals surface area contributed by atoms with E-state index < -0.39 is 23.2 Å². The molecule has 4 N–H and O–H groups in total. The molecule has 2 heterocycles. The third-order valence-corrected chi connectivity index (χ3v) is 7.66. The Morgan fingerprint density at radius 3 is 2.37 bits per heavy atom. The molecule has 0 aliphatic heterocycles. The molecule has 3 saturated carbocycles. The number of anilines is 1. The molecule has 6 rings (SSSR count). The molecule has 2 bridgehead atoms. The number of rotatable bonds is 6. The van der Waals surface area contributed by atoms with Gasteiger partial charge in [-0.25, -0.2) is 14.4 Å². The Balaban J connectivity index is 1.26. The monoisotopic (exact) mass is 482 g/mol. The maximum absolute atomic E-state index is 15.1. The number of benzene rings is 1. The van der Waals surface area contributed by atoms with Crippen molar-refractivity contribution in [3.63, 3.8) is 0 Å². The zero-order chi connectivity index (χ0) is 24.8. The third-order valence-electron chi connectivity index (χ3n) is 7.66. The van der Waals surface area contributed by atoms with E-state index in [0.29, 0.717) is 29.0 Å². The highest BCUT2D eigenvalue weighted by Crippen LogP contribution is 2.48. The van der Waals surface area contributed by atoms with Crippen LogP contribution in [0.3, 0.4) is 0 Å². The minimum absolute atomic E-state index is 0.0412. The number of nitrogens with one attached hydrogen (secondary N) is 4. The normalized spacial score (nSPS) is 23.4. The van der Waals surface area contributed by atoms with E-state index in [1.54, 1.807) is 25.1 Å². The van der Waals surface area contributed by atoms with Gasteiger partial charge in [0.25, 0.3) is 11.5 Å². The molecule has 3 aromatic rings. The first kappa shape index (κ1) is 23.3. The molecule has 35 heavy (non-hydrogen) atoms. The Bertz CT molecular complexity index is 1350. The minimum Gasteiger partial charge on any atom is -0.376 e. The number of aromatic nitrogens is 3. The molecule has 8 nitrogen and oxygen atoms in total. The summed E-state index contributed by atoms with van der Waals surface area (Å²) < 4.78 is 29.7. The number of nitrogens with zero attached hydrogens (tertiary/aromatic N) is 2. The molecule has 0 saturated heterocycles. The molecule has 0 radical (unpaired) electrons. The Morgan fingerprint density at radius 2 is 1.71 bits per heavy atom. The van der Waals surface area contributed by atoms with Gasteiger partial charge in [-0.1, -0.05) is 6.07 Å². The maximum Gasteiger partial charge on any atom is 0.269 e. The third kappa shape index (κ3) is 4.27. The fraction of sp³-hybridized carbons (Fsp3) is 0.440. The molecule has 0 atom stereocenters. The Kier molecular flexibility index (Phi) is 5.79. The summed E-state index contributed by atoms with van der Waals surface area (Å²) in [6.45, 7) is 1.94. The lowest BCUT2D eigenvalue weighted by Crippen LogP contribution is -2.59. The lowest BCUT2D eigenvalue weighted by atomic mass is 9.61. The molecule has 184 valence electrons. The number of amides is 1. The molecule has 2 aromatic heterocycles. The molecule has 3 aliphatic carbocycles. The van der Waals surface area contributed by atoms with Gasteiger partial charge >= 0.3 is 0 Å². The van der Waals surface area contributed by atoms with Crippen molar-refractivity contribution in [2.75, 3.05) is 12.4 Å². The fourth-order valence-electron chi connectivity index (χ4n) is 5.38. The van der Waals surface area contributed by atoms with Crippen molar-refractivity contribution in [2.45, 2.75) is 63.1 Å². The molecular formula is C25H28F2N6O2. The topological polar surface area (TPSA) is 112 Å². The summed E-state index contributed by atoms with van der Waals surface area (Å²) in [7, 11) is 1.48. The molecule has 3 fully saturated rings. The van der Waals surface area contributed by atoms with Crippen LogP contribution in [-0.2, 0) is 6.54 Å². The van der Waals surface area contributed by atoms with E-state index in [-0.39, 0.29) is 22.3 Å². The predicted octanol–water partition coefficient (Wildman–Crippen LogP) is 3.31. The Morgan fingerprint density at radius 1 is 1.03 bits per heavy atom. The Labute approximate surface area is 201 Å². The molecular weight excluding hydrogens is 454 g/mol. The average molecular weight is 483 g/mol. The van der Waals surface area contributed by atoms with Crippen molar-refractivity contribution < 1.29 is 13.6 Å². The van der Waals surface area contributed by atoms with Gasteiger partial charge < -0.3 is 20.9 Å². The van der Waals surface area contributed by atoms with E-state index in [0.717, 1.165) is 38.5 Å². The van der Waals surface area contributed by atoms with Crippen LogP contribution < -0.4 is 21.5 Å². The second kappa shape index (κ2) is 8.67. The number of pyridine rings is 1. The van der Waals surface area contributed by atoms with Gasteiger partial charge in [-0.05, 0) is 63.6 Å². The lowest BCUT2D eigenvalue weighted by Gasteiger charge is -2.54. The van der Waals surface area contributed by atoms with Gasteiger partial charge in [0.1, 0.15) is 16.9 Å². The van der Waals surface area contributed by atoms with Crippen LogP contribution in [0, 0.1) is 18.7 Å². The number of halogens is 2. The summed E-state index contributed by atoms with van der Waals surface area (Å²) in [5.74, 6) is -1.57. The summed E-state index contributed by atoms with van der Waals surface area (Å²) in [6.07, 6.45) is 5.14. The summed E-state index contributed by atoms with van der Waals surface area (Å²) in [6, 6.07) is 6.52. The molecule has 1 aromatic carbocycles. The highest BCUT2D eigenvalue weighted by atomic mass is 19.1. The van der Waals surface area contributed by atoms with Crippen LogP contribution in [0.15, 0.2) is 29.1 Å². The van der Waals surface area contributed by atoms with Gasteiger partial charge in [-0.2, -0.15) is 4.39 Å². The number of aromatic amines is 1. The summed E-state index contributed by atoms with van der Waals surface area (Å²) in [4.78, 5) is 34.1. The highest BCUT2D eigenvalue weighted by molar-refractivity contribution is 5.92. The summed E-state index contributed by atoms with van der Waals surface area (Å²) in [5, 5.41) is 9.39. The van der Waals surface area contributed by atoms with Gasteiger partial charge in [0, 0.05) is 30.2 Å². The number of aryl methyl sites for hydroxylation is 1. The highest BCUT2D eigenvalue weighted by Gasteiger charge is 2.48. The second-order valence-corrected chi connectivity index (χ2v) is 9.74. The predicted molar refractivity (Wildman–Crippen MR) is 128 cm³/mol. The largest absolute Gasteiger partial charge is 0.376 e. The van der Waals surface area contributed by atoms with Gasteiger partial charge in [-0.3, -0.25) is 9.59 Å². The molecule has 10 heteroatoms. The van der Waals surface area contributed by atoms with Crippen LogP contribution in [0.4, 0.5) is 14.5 Å². The quantitative estimate of drug-likeness (QED) is 0.401. The van der Waals surface area contributed by atoms with Crippen molar-refractivity contribution in [3.05, 3.63) is 63.3 Å². The smallest absolute Gasteiger partial charge is 0.269 e. The number of carbonyl (C=O) groups is 1. The van der Waals surface area contributed by atoms with Crippen LogP contribution in [0.2, 0.25) is 0 Å². The van der Waals surface area contributed by atoms with E-state index >= 15 is 4.39 Å². The van der Waals surface area contributed by atoms with Gasteiger partial charge in [-0.15, -0.1) is 0 Å². The maximum atomic E-state index is 15.1. The Hall–Kier alpha value is -3.40. The van der Waals surface area contributed by atoms with Crippen molar-refractivity contribution in [1.29, 1.82) is 0 Å². The second-order valence-electron chi connectivity index (χ2n) is 9.74. The molecule has 3 aliphatic rings. The van der Waals surface area contributed by atoms with Crippen molar-refractivity contribution in [2.24, 2.45) is 0 Å². The van der Waals surface area contributed by atoms with Crippen LogP contribution in [0.1, 0.15) is 60.3 Å². The van der Waals surface area contributed by atoms with Crippen molar-refractivity contribution in [3.8, 4) is 0 Å². The van der Waals surface area contributed by atoms with Crippen LogP contribution in [0.25, 0.3) is 11.0 Å². The number of fused-ring (bicyclic) bond motifs is 4. The summed E-state index contributed by atoms with van der Waals surface area (Å²) >= 11 is 0. The SMILES string of the molecule is CNC(=O)c1ccc(NC23CCC(NCc4ccc5nc(C)c(=O)[nH]c5c4F)(CC2)CC3)c(F)n1. The minimum atomic E-state index is -0.685. The fourth-order valence-corrected chi connectivity index (χ4v) is 5.38. The number of H-pyrrole nitrogens is 1. The molecule has 1 amide bonds. The van der Waals surface area contributed by atoms with Gasteiger partial charge in [0.05, 0.1) is 11.2 Å². The lowest BCUT2D eigenvalue weighted by molar-refractivity contribution is 0.0918. The van der Waals surface area contributed by atoms with E-state index in [2.05, 4.69) is 30.9 Å². The van der Waals surface area contributed by atoms with Crippen molar-refractivity contribution >= 4 is 22.6 Å². The summed E-state index contributed by atoms with van der Waals surface area (Å²) in [5.41, 5.74) is 0.971. The van der Waals surface area contributed by atoms with E-state index in [4.69, 9.17) is 0 Å². The number of hydrogen-bond donors (Lipinski definition) is 4. The zero-order valence-electron chi connectivity index (χ0n) is 19.7. The van der Waals surface area contributed by atoms with Crippen molar-refractivity contribution in [1.82, 2.24) is 25.6 Å². The van der Waals surface area contributed by atoms with Gasteiger partial charge in [0.15, 0.2) is 5.82 Å². The van der Waals surface area contributed by atoms with E-state index in [1.165, 1.54) is 13.1 Å². The average Bonchev–Trinajstić information content (AvgIpc) is 2.87. The molecule has 0 spiro atoms.